The van der Waals surface area contributed by atoms with Crippen molar-refractivity contribution in [3.63, 3.8) is 0 Å². The van der Waals surface area contributed by atoms with Gasteiger partial charge in [0.25, 0.3) is 5.91 Å². The summed E-state index contributed by atoms with van der Waals surface area (Å²) in [5, 5.41) is 9.06. The summed E-state index contributed by atoms with van der Waals surface area (Å²) in [6.45, 7) is 4.33. The van der Waals surface area contributed by atoms with Crippen LogP contribution >= 0.6 is 15.9 Å². The van der Waals surface area contributed by atoms with E-state index in [1.54, 1.807) is 17.6 Å². The number of amides is 1. The van der Waals surface area contributed by atoms with Gasteiger partial charge in [0.15, 0.2) is 0 Å². The molecule has 18 heavy (non-hydrogen) atoms. The van der Waals surface area contributed by atoms with Crippen LogP contribution in [0.5, 0.6) is 0 Å². The summed E-state index contributed by atoms with van der Waals surface area (Å²) in [5.74, 6) is -1.26. The van der Waals surface area contributed by atoms with Gasteiger partial charge in [-0.1, -0.05) is 6.92 Å². The van der Waals surface area contributed by atoms with Gasteiger partial charge in [-0.25, -0.2) is 4.79 Å². The van der Waals surface area contributed by atoms with Crippen LogP contribution in [0, 0.1) is 0 Å². The van der Waals surface area contributed by atoms with E-state index < -0.39 is 12.0 Å². The number of hydrogen-bond acceptors (Lipinski definition) is 2. The zero-order valence-corrected chi connectivity index (χ0v) is 12.3. The summed E-state index contributed by atoms with van der Waals surface area (Å²) >= 11 is 3.32. The second kappa shape index (κ2) is 6.04. The Morgan fingerprint density at radius 3 is 2.56 bits per heavy atom. The number of carboxylic acid groups (broad SMARTS) is 1. The van der Waals surface area contributed by atoms with Crippen LogP contribution in [0.3, 0.4) is 0 Å². The molecule has 0 saturated carbocycles. The van der Waals surface area contributed by atoms with Crippen LogP contribution in [0.15, 0.2) is 16.7 Å². The minimum absolute atomic E-state index is 0.281. The van der Waals surface area contributed by atoms with Crippen molar-refractivity contribution < 1.29 is 14.7 Å². The highest BCUT2D eigenvalue weighted by atomic mass is 79.9. The number of likely N-dealkylation sites (N-methyl/N-ethyl adjacent to an activating group) is 1. The second-order valence-electron chi connectivity index (χ2n) is 4.01. The number of rotatable bonds is 5. The second-order valence-corrected chi connectivity index (χ2v) is 4.92. The molecular weight excluding hydrogens is 300 g/mol. The van der Waals surface area contributed by atoms with Gasteiger partial charge in [0.1, 0.15) is 11.7 Å². The van der Waals surface area contributed by atoms with E-state index in [0.29, 0.717) is 18.7 Å². The zero-order chi connectivity index (χ0) is 13.9. The Bertz CT molecular complexity index is 456. The van der Waals surface area contributed by atoms with Gasteiger partial charge >= 0.3 is 5.97 Å². The van der Waals surface area contributed by atoms with E-state index in [2.05, 4.69) is 15.9 Å². The van der Waals surface area contributed by atoms with Gasteiger partial charge in [0, 0.05) is 24.3 Å². The van der Waals surface area contributed by atoms with Crippen LogP contribution in [-0.2, 0) is 11.3 Å². The Kier molecular flexibility index (Phi) is 4.95. The molecule has 0 spiro atoms. The van der Waals surface area contributed by atoms with Crippen LogP contribution in [0.2, 0.25) is 0 Å². The Labute approximate surface area is 115 Å². The Morgan fingerprint density at radius 2 is 2.11 bits per heavy atom. The molecule has 1 amide bonds. The number of nitrogens with zero attached hydrogens (tertiary/aromatic N) is 2. The quantitative estimate of drug-likeness (QED) is 0.905. The molecule has 1 atom stereocenters. The highest BCUT2D eigenvalue weighted by molar-refractivity contribution is 9.10. The standard InChI is InChI=1S/C12H17BrN2O3/c1-4-9(12(17)18)14(3)11(16)10-6-8(13)7-15(10)5-2/h6-7,9H,4-5H2,1-3H3,(H,17,18). The summed E-state index contributed by atoms with van der Waals surface area (Å²) in [6.07, 6.45) is 2.19. The van der Waals surface area contributed by atoms with E-state index in [1.807, 2.05) is 13.1 Å². The van der Waals surface area contributed by atoms with E-state index in [-0.39, 0.29) is 5.91 Å². The molecule has 1 aromatic rings. The number of aromatic nitrogens is 1. The molecular formula is C12H17BrN2O3. The molecule has 1 N–H and O–H groups in total. The van der Waals surface area contributed by atoms with Crippen molar-refractivity contribution in [1.82, 2.24) is 9.47 Å². The molecule has 0 aromatic carbocycles. The highest BCUT2D eigenvalue weighted by Crippen LogP contribution is 2.17. The summed E-state index contributed by atoms with van der Waals surface area (Å²) < 4.78 is 2.60. The monoisotopic (exact) mass is 316 g/mol. The molecule has 1 heterocycles. The third-order valence-electron chi connectivity index (χ3n) is 2.88. The molecule has 5 nitrogen and oxygen atoms in total. The molecule has 100 valence electrons. The summed E-state index contributed by atoms with van der Waals surface area (Å²) in [7, 11) is 1.52. The van der Waals surface area contributed by atoms with E-state index in [9.17, 15) is 9.59 Å². The van der Waals surface area contributed by atoms with E-state index >= 15 is 0 Å². The molecule has 1 rings (SSSR count). The Morgan fingerprint density at radius 1 is 1.50 bits per heavy atom. The van der Waals surface area contributed by atoms with Crippen molar-refractivity contribution >= 4 is 27.8 Å². The molecule has 0 aliphatic carbocycles. The molecule has 0 fully saturated rings. The first-order valence-corrected chi connectivity index (χ1v) is 6.57. The van der Waals surface area contributed by atoms with Gasteiger partial charge in [-0.15, -0.1) is 0 Å². The molecule has 6 heteroatoms. The van der Waals surface area contributed by atoms with Crippen LogP contribution in [-0.4, -0.2) is 39.5 Å². The fraction of sp³-hybridized carbons (Fsp3) is 0.500. The van der Waals surface area contributed by atoms with Crippen LogP contribution in [0.1, 0.15) is 30.8 Å². The molecule has 1 aromatic heterocycles. The predicted molar refractivity (Wildman–Crippen MR) is 71.6 cm³/mol. The smallest absolute Gasteiger partial charge is 0.326 e. The van der Waals surface area contributed by atoms with Gasteiger partial charge < -0.3 is 14.6 Å². The van der Waals surface area contributed by atoms with Crippen molar-refractivity contribution in [3.8, 4) is 0 Å². The molecule has 0 bridgehead atoms. The fourth-order valence-corrected chi connectivity index (χ4v) is 2.32. The lowest BCUT2D eigenvalue weighted by Crippen LogP contribution is -2.42. The lowest BCUT2D eigenvalue weighted by atomic mass is 10.2. The van der Waals surface area contributed by atoms with Crippen molar-refractivity contribution in [2.45, 2.75) is 32.9 Å². The van der Waals surface area contributed by atoms with Crippen LogP contribution < -0.4 is 0 Å². The van der Waals surface area contributed by atoms with Gasteiger partial charge in [-0.05, 0) is 35.3 Å². The third kappa shape index (κ3) is 2.93. The van der Waals surface area contributed by atoms with E-state index in [0.717, 1.165) is 4.47 Å². The first-order chi connectivity index (χ1) is 8.42. The summed E-state index contributed by atoms with van der Waals surface area (Å²) in [6, 6.07) is 0.910. The zero-order valence-electron chi connectivity index (χ0n) is 10.7. The minimum Gasteiger partial charge on any atom is -0.480 e. The van der Waals surface area contributed by atoms with Gasteiger partial charge in [0.2, 0.25) is 0 Å². The first-order valence-electron chi connectivity index (χ1n) is 5.78. The Balaban J connectivity index is 3.02. The fourth-order valence-electron chi connectivity index (χ4n) is 1.85. The molecule has 0 radical (unpaired) electrons. The number of halogens is 1. The van der Waals surface area contributed by atoms with Crippen LogP contribution in [0.4, 0.5) is 0 Å². The van der Waals surface area contributed by atoms with Crippen molar-refractivity contribution in [2.24, 2.45) is 0 Å². The minimum atomic E-state index is -0.984. The maximum atomic E-state index is 12.3. The lowest BCUT2D eigenvalue weighted by Gasteiger charge is -2.24. The third-order valence-corrected chi connectivity index (χ3v) is 3.32. The van der Waals surface area contributed by atoms with Gasteiger partial charge in [-0.2, -0.15) is 0 Å². The van der Waals surface area contributed by atoms with Crippen molar-refractivity contribution in [1.29, 1.82) is 0 Å². The average molecular weight is 317 g/mol. The topological polar surface area (TPSA) is 62.5 Å². The summed E-state index contributed by atoms with van der Waals surface area (Å²) in [4.78, 5) is 24.6. The lowest BCUT2D eigenvalue weighted by molar-refractivity contribution is -0.142. The van der Waals surface area contributed by atoms with Crippen molar-refractivity contribution in [3.05, 3.63) is 22.4 Å². The average Bonchev–Trinajstić information content (AvgIpc) is 2.69. The first kappa shape index (κ1) is 14.8. The number of aryl methyl sites for hydroxylation is 1. The number of carboxylic acids is 1. The highest BCUT2D eigenvalue weighted by Gasteiger charge is 2.27. The number of hydrogen-bond donors (Lipinski definition) is 1. The SMILES string of the molecule is CCC(C(=O)O)N(C)C(=O)c1cc(Br)cn1CC. The normalized spacial score (nSPS) is 12.2. The maximum absolute atomic E-state index is 12.3. The van der Waals surface area contributed by atoms with E-state index in [4.69, 9.17) is 5.11 Å². The maximum Gasteiger partial charge on any atom is 0.326 e. The van der Waals surface area contributed by atoms with Gasteiger partial charge in [-0.3, -0.25) is 4.79 Å². The molecule has 0 saturated heterocycles. The number of aliphatic carboxylic acids is 1. The number of carbonyl (C=O) groups excluding carboxylic acids is 1. The largest absolute Gasteiger partial charge is 0.480 e. The molecule has 0 aliphatic heterocycles. The van der Waals surface area contributed by atoms with Crippen molar-refractivity contribution in [2.75, 3.05) is 7.05 Å². The molecule has 0 aliphatic rings. The van der Waals surface area contributed by atoms with Gasteiger partial charge in [0.05, 0.1) is 0 Å². The van der Waals surface area contributed by atoms with Crippen LogP contribution in [0.25, 0.3) is 0 Å². The predicted octanol–water partition coefficient (Wildman–Crippen LogP) is 2.21. The molecule has 1 unspecified atom stereocenters. The summed E-state index contributed by atoms with van der Waals surface area (Å²) in [5.41, 5.74) is 0.492. The Hall–Kier alpha value is -1.30. The van der Waals surface area contributed by atoms with E-state index in [1.165, 1.54) is 11.9 Å². The number of carbonyl (C=O) groups is 2.